The van der Waals surface area contributed by atoms with Gasteiger partial charge in [-0.2, -0.15) is 0 Å². The number of ether oxygens (including phenoxy) is 6. The largest absolute Gasteiger partial charge is 0.502 e. The van der Waals surface area contributed by atoms with Crippen molar-refractivity contribution in [1.29, 1.82) is 0 Å². The highest BCUT2D eigenvalue weighted by atomic mass is 16.7. The van der Waals surface area contributed by atoms with Gasteiger partial charge in [-0.3, -0.25) is 4.79 Å². The SMILES string of the molecule is COc1cc(C2c3cc4c(cc3C(OC(=O)NCCCN(C)C)C3COC(=O)C23)OCO4)cc(OC)c1O. The van der Waals surface area contributed by atoms with Crippen molar-refractivity contribution in [2.45, 2.75) is 18.4 Å². The Hall–Kier alpha value is -3.86. The smallest absolute Gasteiger partial charge is 0.407 e. The first-order valence-corrected chi connectivity index (χ1v) is 12.5. The molecule has 2 N–H and O–H groups in total. The van der Waals surface area contributed by atoms with Crippen LogP contribution < -0.4 is 24.3 Å². The molecule has 0 aromatic heterocycles. The van der Waals surface area contributed by atoms with Gasteiger partial charge in [0.05, 0.1) is 26.7 Å². The molecule has 1 saturated heterocycles. The predicted molar refractivity (Wildman–Crippen MR) is 134 cm³/mol. The number of carbonyl (C=O) groups excluding carboxylic acids is 2. The molecule has 11 heteroatoms. The number of fused-ring (bicyclic) bond motifs is 3. The quantitative estimate of drug-likeness (QED) is 0.390. The number of esters is 1. The Balaban J connectivity index is 1.56. The second-order valence-corrected chi connectivity index (χ2v) is 9.82. The lowest BCUT2D eigenvalue weighted by atomic mass is 9.66. The first-order chi connectivity index (χ1) is 18.3. The normalized spacial score (nSPS) is 22.9. The number of amides is 1. The number of nitrogens with zero attached hydrogens (tertiary/aromatic N) is 1. The zero-order valence-corrected chi connectivity index (χ0v) is 21.8. The van der Waals surface area contributed by atoms with Crippen molar-refractivity contribution in [2.24, 2.45) is 11.8 Å². The fourth-order valence-electron chi connectivity index (χ4n) is 5.50. The van der Waals surface area contributed by atoms with Crippen LogP contribution in [0, 0.1) is 11.8 Å². The van der Waals surface area contributed by atoms with E-state index >= 15 is 0 Å². The average Bonchev–Trinajstić information content (AvgIpc) is 3.52. The van der Waals surface area contributed by atoms with E-state index in [1.54, 1.807) is 12.1 Å². The number of carbonyl (C=O) groups is 2. The number of hydrogen-bond donors (Lipinski definition) is 2. The summed E-state index contributed by atoms with van der Waals surface area (Å²) in [6.07, 6.45) is -0.550. The number of cyclic esters (lactones) is 1. The minimum absolute atomic E-state index is 0.0660. The van der Waals surface area contributed by atoms with Gasteiger partial charge in [-0.15, -0.1) is 0 Å². The Morgan fingerprint density at radius 3 is 2.34 bits per heavy atom. The third-order valence-electron chi connectivity index (χ3n) is 7.27. The van der Waals surface area contributed by atoms with Gasteiger partial charge in [-0.05, 0) is 62.5 Å². The minimum Gasteiger partial charge on any atom is -0.502 e. The number of nitrogens with one attached hydrogen (secondary N) is 1. The number of methoxy groups -OCH3 is 2. The molecule has 0 radical (unpaired) electrons. The highest BCUT2D eigenvalue weighted by molar-refractivity contribution is 5.79. The summed E-state index contributed by atoms with van der Waals surface area (Å²) in [6.45, 7) is 1.44. The Kier molecular flexibility index (Phi) is 7.11. The van der Waals surface area contributed by atoms with Gasteiger partial charge in [0.15, 0.2) is 23.0 Å². The van der Waals surface area contributed by atoms with Crippen LogP contribution in [-0.2, 0) is 14.3 Å². The molecular weight excluding hydrogens is 496 g/mol. The summed E-state index contributed by atoms with van der Waals surface area (Å²) >= 11 is 0. The summed E-state index contributed by atoms with van der Waals surface area (Å²) in [5.74, 6) is -0.666. The van der Waals surface area contributed by atoms with Crippen LogP contribution in [0.5, 0.6) is 28.7 Å². The molecule has 38 heavy (non-hydrogen) atoms. The molecule has 2 aliphatic heterocycles. The zero-order valence-electron chi connectivity index (χ0n) is 21.8. The molecule has 204 valence electrons. The highest BCUT2D eigenvalue weighted by Crippen LogP contribution is 2.56. The van der Waals surface area contributed by atoms with E-state index in [0.29, 0.717) is 29.2 Å². The fourth-order valence-corrected chi connectivity index (χ4v) is 5.50. The summed E-state index contributed by atoms with van der Waals surface area (Å²) in [6, 6.07) is 6.99. The topological polar surface area (TPSA) is 125 Å². The minimum atomic E-state index is -0.748. The number of rotatable bonds is 8. The summed E-state index contributed by atoms with van der Waals surface area (Å²) in [4.78, 5) is 28.0. The maximum absolute atomic E-state index is 13.2. The molecule has 1 aliphatic carbocycles. The molecular formula is C27H32N2O9. The van der Waals surface area contributed by atoms with Gasteiger partial charge >= 0.3 is 12.1 Å². The van der Waals surface area contributed by atoms with Gasteiger partial charge in [0, 0.05) is 23.9 Å². The molecule has 5 rings (SSSR count). The summed E-state index contributed by atoms with van der Waals surface area (Å²) in [7, 11) is 6.82. The van der Waals surface area contributed by atoms with Crippen LogP contribution >= 0.6 is 0 Å². The molecule has 0 bridgehead atoms. The lowest BCUT2D eigenvalue weighted by molar-refractivity contribution is -0.141. The van der Waals surface area contributed by atoms with E-state index in [4.69, 9.17) is 28.4 Å². The van der Waals surface area contributed by atoms with Gasteiger partial charge < -0.3 is 43.7 Å². The Bertz CT molecular complexity index is 1210. The standard InChI is InChI=1S/C27H32N2O9/c1-29(2)7-5-6-28-27(32)38-25-16-11-19-18(36-13-37-19)10-15(16)22(23-17(25)12-35-26(23)31)14-8-20(33-3)24(30)21(9-14)34-4/h8-11,17,22-23,25,30H,5-7,12-13H2,1-4H3,(H,28,32). The third-order valence-corrected chi connectivity index (χ3v) is 7.27. The van der Waals surface area contributed by atoms with E-state index in [1.807, 2.05) is 31.1 Å². The van der Waals surface area contributed by atoms with Crippen molar-refractivity contribution in [1.82, 2.24) is 10.2 Å². The second kappa shape index (κ2) is 10.5. The van der Waals surface area contributed by atoms with Gasteiger partial charge in [0.1, 0.15) is 6.10 Å². The number of hydrogen-bond acceptors (Lipinski definition) is 10. The zero-order chi connectivity index (χ0) is 27.0. The maximum Gasteiger partial charge on any atom is 0.407 e. The number of alkyl carbamates (subject to hydrolysis) is 1. The molecule has 11 nitrogen and oxygen atoms in total. The van der Waals surface area contributed by atoms with Crippen LogP contribution in [0.2, 0.25) is 0 Å². The van der Waals surface area contributed by atoms with E-state index in [9.17, 15) is 14.7 Å². The number of aromatic hydroxyl groups is 1. The van der Waals surface area contributed by atoms with Gasteiger partial charge in [0.25, 0.3) is 0 Å². The lowest BCUT2D eigenvalue weighted by Crippen LogP contribution is -2.38. The molecule has 4 atom stereocenters. The third kappa shape index (κ3) is 4.62. The molecule has 4 unspecified atom stereocenters. The molecule has 3 aliphatic rings. The van der Waals surface area contributed by atoms with Crippen molar-refractivity contribution < 1.29 is 43.1 Å². The Morgan fingerprint density at radius 1 is 1.05 bits per heavy atom. The van der Waals surface area contributed by atoms with Crippen LogP contribution in [0.25, 0.3) is 0 Å². The predicted octanol–water partition coefficient (Wildman–Crippen LogP) is 2.79. The van der Waals surface area contributed by atoms with Gasteiger partial charge in [0.2, 0.25) is 12.5 Å². The van der Waals surface area contributed by atoms with Crippen LogP contribution in [0.3, 0.4) is 0 Å². The van der Waals surface area contributed by atoms with Crippen LogP contribution in [0.1, 0.15) is 35.1 Å². The average molecular weight is 529 g/mol. The molecule has 0 spiro atoms. The van der Waals surface area contributed by atoms with Crippen LogP contribution in [-0.4, -0.2) is 76.9 Å². The summed E-state index contributed by atoms with van der Waals surface area (Å²) < 4.78 is 33.5. The lowest BCUT2D eigenvalue weighted by Gasteiger charge is -2.38. The maximum atomic E-state index is 13.2. The summed E-state index contributed by atoms with van der Waals surface area (Å²) in [5.41, 5.74) is 2.11. The molecule has 2 aromatic carbocycles. The first-order valence-electron chi connectivity index (χ1n) is 12.5. The first kappa shape index (κ1) is 25.8. The van der Waals surface area contributed by atoms with Gasteiger partial charge in [-0.25, -0.2) is 4.79 Å². The van der Waals surface area contributed by atoms with Crippen molar-refractivity contribution >= 4 is 12.1 Å². The van der Waals surface area contributed by atoms with Crippen molar-refractivity contribution in [2.75, 3.05) is 54.8 Å². The monoisotopic (exact) mass is 528 g/mol. The van der Waals surface area contributed by atoms with Crippen molar-refractivity contribution in [3.05, 3.63) is 41.0 Å². The van der Waals surface area contributed by atoms with E-state index < -0.39 is 35.9 Å². The van der Waals surface area contributed by atoms with Crippen molar-refractivity contribution in [3.8, 4) is 28.7 Å². The molecule has 2 aromatic rings. The molecule has 0 saturated carbocycles. The number of phenolic OH excluding ortho intramolecular Hbond substituents is 1. The second-order valence-electron chi connectivity index (χ2n) is 9.82. The van der Waals surface area contributed by atoms with Gasteiger partial charge in [-0.1, -0.05) is 0 Å². The highest BCUT2D eigenvalue weighted by Gasteiger charge is 2.54. The van der Waals surface area contributed by atoms with E-state index in [0.717, 1.165) is 18.5 Å². The Labute approximate surface area is 220 Å². The molecule has 1 amide bonds. The van der Waals surface area contributed by atoms with Crippen LogP contribution in [0.15, 0.2) is 24.3 Å². The van der Waals surface area contributed by atoms with Crippen molar-refractivity contribution in [3.63, 3.8) is 0 Å². The molecule has 1 fully saturated rings. The van der Waals surface area contributed by atoms with E-state index in [1.165, 1.54) is 14.2 Å². The fraction of sp³-hybridized carbons (Fsp3) is 0.481. The number of phenols is 1. The van der Waals surface area contributed by atoms with E-state index in [-0.39, 0.29) is 30.6 Å². The summed E-state index contributed by atoms with van der Waals surface area (Å²) in [5, 5.41) is 13.3. The van der Waals surface area contributed by atoms with E-state index in [2.05, 4.69) is 5.32 Å². The number of benzene rings is 2. The van der Waals surface area contributed by atoms with Crippen LogP contribution in [0.4, 0.5) is 4.79 Å². The Morgan fingerprint density at radius 2 is 1.71 bits per heavy atom. The molecule has 2 heterocycles.